The fourth-order valence-corrected chi connectivity index (χ4v) is 2.78. The van der Waals surface area contributed by atoms with Gasteiger partial charge in [0, 0.05) is 18.4 Å². The Balaban J connectivity index is 1.97. The molecule has 0 saturated heterocycles. The fourth-order valence-electron chi connectivity index (χ4n) is 2.78. The number of nitrogens with zero attached hydrogens (tertiary/aromatic N) is 1. The van der Waals surface area contributed by atoms with Crippen LogP contribution in [-0.2, 0) is 11.2 Å². The fraction of sp³-hybridized carbons (Fsp3) is 0.238. The Labute approximate surface area is 154 Å². The maximum atomic E-state index is 12.2. The normalized spacial score (nSPS) is 10.9. The smallest absolute Gasteiger partial charge is 0.263 e. The number of phenolic OH excluding ortho intramolecular Hbond substituents is 1. The zero-order valence-electron chi connectivity index (χ0n) is 15.3. The van der Waals surface area contributed by atoms with Gasteiger partial charge in [0.05, 0.1) is 0 Å². The van der Waals surface area contributed by atoms with Crippen molar-refractivity contribution in [2.45, 2.75) is 27.2 Å². The molecule has 0 radical (unpaired) electrons. The molecule has 3 N–H and O–H groups in total. The lowest BCUT2D eigenvalue weighted by Crippen LogP contribution is -2.27. The molecule has 0 saturated carbocycles. The van der Waals surface area contributed by atoms with Crippen LogP contribution in [0.4, 0.5) is 5.69 Å². The molecule has 0 unspecified atom stereocenters. The number of hydrogen-bond acceptors (Lipinski definition) is 4. The molecule has 1 amide bonds. The predicted molar refractivity (Wildman–Crippen MR) is 103 cm³/mol. The van der Waals surface area contributed by atoms with Crippen molar-refractivity contribution >= 4 is 11.6 Å². The van der Waals surface area contributed by atoms with Gasteiger partial charge in [0.1, 0.15) is 17.4 Å². The maximum absolute atomic E-state index is 12.2. The Morgan fingerprint density at radius 1 is 1.15 bits per heavy atom. The van der Waals surface area contributed by atoms with Gasteiger partial charge in [0.2, 0.25) is 0 Å². The van der Waals surface area contributed by atoms with Gasteiger partial charge in [0.25, 0.3) is 5.91 Å². The third-order valence-corrected chi connectivity index (χ3v) is 4.04. The van der Waals surface area contributed by atoms with Crippen LogP contribution in [0.5, 0.6) is 5.75 Å². The topological polar surface area (TPSA) is 85.2 Å². The van der Waals surface area contributed by atoms with Crippen molar-refractivity contribution < 1.29 is 9.90 Å². The molecule has 0 atom stereocenters. The molecule has 134 valence electrons. The van der Waals surface area contributed by atoms with E-state index in [0.717, 1.165) is 22.4 Å². The van der Waals surface area contributed by atoms with Gasteiger partial charge in [-0.1, -0.05) is 29.8 Å². The average Bonchev–Trinajstić information content (AvgIpc) is 2.59. The number of carbonyl (C=O) groups is 1. The Morgan fingerprint density at radius 2 is 1.77 bits per heavy atom. The van der Waals surface area contributed by atoms with Crippen LogP contribution in [0, 0.1) is 32.1 Å². The first-order valence-corrected chi connectivity index (χ1v) is 8.41. The van der Waals surface area contributed by atoms with Crippen molar-refractivity contribution in [3.05, 3.63) is 70.4 Å². The minimum atomic E-state index is -0.416. The first-order valence-electron chi connectivity index (χ1n) is 8.41. The molecule has 0 spiro atoms. The summed E-state index contributed by atoms with van der Waals surface area (Å²) in [5, 5.41) is 24.3. The quantitative estimate of drug-likeness (QED) is 0.550. The molecule has 0 aliphatic heterocycles. The van der Waals surface area contributed by atoms with E-state index in [1.165, 1.54) is 11.8 Å². The lowest BCUT2D eigenvalue weighted by Gasteiger charge is -2.11. The van der Waals surface area contributed by atoms with Crippen molar-refractivity contribution in [2.24, 2.45) is 0 Å². The number of hydrogen-bond donors (Lipinski definition) is 3. The number of anilines is 1. The van der Waals surface area contributed by atoms with Crippen LogP contribution in [0.1, 0.15) is 22.3 Å². The average molecular weight is 349 g/mol. The number of carbonyl (C=O) groups excluding carboxylic acids is 1. The second-order valence-electron chi connectivity index (χ2n) is 6.26. The monoisotopic (exact) mass is 349 g/mol. The third-order valence-electron chi connectivity index (χ3n) is 4.04. The lowest BCUT2D eigenvalue weighted by molar-refractivity contribution is -0.117. The van der Waals surface area contributed by atoms with Crippen molar-refractivity contribution in [2.75, 3.05) is 11.9 Å². The molecular formula is C21H23N3O2. The minimum Gasteiger partial charge on any atom is -0.508 e. The lowest BCUT2D eigenvalue weighted by atomic mass is 10.1. The first-order chi connectivity index (χ1) is 12.4. The highest BCUT2D eigenvalue weighted by Crippen LogP contribution is 2.22. The highest BCUT2D eigenvalue weighted by Gasteiger charge is 2.09. The molecule has 26 heavy (non-hydrogen) atoms. The van der Waals surface area contributed by atoms with Gasteiger partial charge >= 0.3 is 0 Å². The SMILES string of the molecule is Cc1cc(C)c(N/C=C(/C#N)C(=O)NCCc2ccc(O)cc2)c(C)c1. The molecule has 0 bridgehead atoms. The second-order valence-corrected chi connectivity index (χ2v) is 6.26. The minimum absolute atomic E-state index is 0.0232. The van der Waals surface area contributed by atoms with Crippen molar-refractivity contribution in [1.82, 2.24) is 5.32 Å². The summed E-state index contributed by atoms with van der Waals surface area (Å²) in [5.74, 6) is -0.207. The van der Waals surface area contributed by atoms with E-state index in [-0.39, 0.29) is 11.3 Å². The van der Waals surface area contributed by atoms with Crippen molar-refractivity contribution in [3.8, 4) is 11.8 Å². The van der Waals surface area contributed by atoms with Gasteiger partial charge in [-0.25, -0.2) is 0 Å². The van der Waals surface area contributed by atoms with E-state index in [0.29, 0.717) is 13.0 Å². The predicted octanol–water partition coefficient (Wildman–Crippen LogP) is 3.50. The Kier molecular flexibility index (Phi) is 6.40. The van der Waals surface area contributed by atoms with Crippen LogP contribution in [0.2, 0.25) is 0 Å². The summed E-state index contributed by atoms with van der Waals surface area (Å²) < 4.78 is 0. The number of nitrogens with one attached hydrogen (secondary N) is 2. The van der Waals surface area contributed by atoms with Crippen molar-refractivity contribution in [3.63, 3.8) is 0 Å². The number of benzene rings is 2. The van der Waals surface area contributed by atoms with E-state index in [1.807, 2.05) is 39.0 Å². The molecule has 5 nitrogen and oxygen atoms in total. The van der Waals surface area contributed by atoms with Gasteiger partial charge in [-0.05, 0) is 56.0 Å². The number of nitriles is 1. The Morgan fingerprint density at radius 3 is 2.35 bits per heavy atom. The number of amides is 1. The number of rotatable bonds is 6. The summed E-state index contributed by atoms with van der Waals surface area (Å²) >= 11 is 0. The molecule has 2 rings (SSSR count). The highest BCUT2D eigenvalue weighted by atomic mass is 16.3. The third kappa shape index (κ3) is 5.12. The Hall–Kier alpha value is -3.26. The molecule has 0 fully saturated rings. The van der Waals surface area contributed by atoms with E-state index in [9.17, 15) is 15.2 Å². The van der Waals surface area contributed by atoms with Crippen molar-refractivity contribution in [1.29, 1.82) is 5.26 Å². The summed E-state index contributed by atoms with van der Waals surface area (Å²) in [6.07, 6.45) is 2.06. The van der Waals surface area contributed by atoms with Crippen LogP contribution < -0.4 is 10.6 Å². The number of aryl methyl sites for hydroxylation is 3. The maximum Gasteiger partial charge on any atom is 0.263 e. The van der Waals surface area contributed by atoms with E-state index < -0.39 is 5.91 Å². The van der Waals surface area contributed by atoms with Crippen LogP contribution in [0.25, 0.3) is 0 Å². The molecule has 0 aliphatic carbocycles. The second kappa shape index (κ2) is 8.72. The van der Waals surface area contributed by atoms with E-state index >= 15 is 0 Å². The van der Waals surface area contributed by atoms with Crippen LogP contribution >= 0.6 is 0 Å². The van der Waals surface area contributed by atoms with Crippen LogP contribution in [0.3, 0.4) is 0 Å². The van der Waals surface area contributed by atoms with E-state index in [1.54, 1.807) is 24.3 Å². The highest BCUT2D eigenvalue weighted by molar-refractivity contribution is 5.97. The van der Waals surface area contributed by atoms with Gasteiger partial charge in [0.15, 0.2) is 0 Å². The molecular weight excluding hydrogens is 326 g/mol. The number of phenols is 1. The molecule has 0 heterocycles. The summed E-state index contributed by atoms with van der Waals surface area (Å²) in [6.45, 7) is 6.41. The Bertz CT molecular complexity index is 839. The molecule has 0 aliphatic rings. The van der Waals surface area contributed by atoms with Gasteiger partial charge in [-0.3, -0.25) is 4.79 Å². The zero-order chi connectivity index (χ0) is 19.1. The van der Waals surface area contributed by atoms with E-state index in [2.05, 4.69) is 10.6 Å². The summed E-state index contributed by atoms with van der Waals surface area (Å²) in [4.78, 5) is 12.2. The standard InChI is InChI=1S/C21H23N3O2/c1-14-10-15(2)20(16(3)11-14)24-13-18(12-22)21(26)23-9-8-17-4-6-19(25)7-5-17/h4-7,10-11,13,24-25H,8-9H2,1-3H3,(H,23,26)/b18-13-. The summed E-state index contributed by atoms with van der Waals surface area (Å²) in [7, 11) is 0. The van der Waals surface area contributed by atoms with Crippen LogP contribution in [0.15, 0.2) is 48.2 Å². The molecule has 5 heteroatoms. The molecule has 0 aromatic heterocycles. The van der Waals surface area contributed by atoms with Gasteiger partial charge in [-0.15, -0.1) is 0 Å². The first kappa shape index (κ1) is 19.1. The molecule has 2 aromatic rings. The summed E-state index contributed by atoms with van der Waals surface area (Å²) in [6, 6.07) is 12.8. The number of aromatic hydroxyl groups is 1. The largest absolute Gasteiger partial charge is 0.508 e. The summed E-state index contributed by atoms with van der Waals surface area (Å²) in [5.41, 5.74) is 5.21. The molecule has 2 aromatic carbocycles. The van der Waals surface area contributed by atoms with Gasteiger partial charge < -0.3 is 15.7 Å². The van der Waals surface area contributed by atoms with Gasteiger partial charge in [-0.2, -0.15) is 5.26 Å². The zero-order valence-corrected chi connectivity index (χ0v) is 15.3. The van der Waals surface area contributed by atoms with Crippen LogP contribution in [-0.4, -0.2) is 17.6 Å². The van der Waals surface area contributed by atoms with E-state index in [4.69, 9.17) is 0 Å².